The van der Waals surface area contributed by atoms with E-state index in [2.05, 4.69) is 10.6 Å². The third-order valence-corrected chi connectivity index (χ3v) is 4.31. The molecule has 2 rings (SSSR count). The van der Waals surface area contributed by atoms with Gasteiger partial charge in [-0.25, -0.2) is 0 Å². The van der Waals surface area contributed by atoms with E-state index in [0.29, 0.717) is 12.8 Å². The molecule has 0 saturated carbocycles. The second-order valence-corrected chi connectivity index (χ2v) is 5.51. The summed E-state index contributed by atoms with van der Waals surface area (Å²) in [4.78, 5) is 13.6. The normalized spacial score (nSPS) is 17.1. The van der Waals surface area contributed by atoms with Gasteiger partial charge in [0.1, 0.15) is 5.60 Å². The number of piperidine rings is 1. The number of anilines is 1. The van der Waals surface area contributed by atoms with Gasteiger partial charge in [-0.05, 0) is 56.5 Å². The van der Waals surface area contributed by atoms with Gasteiger partial charge in [-0.3, -0.25) is 4.79 Å². The van der Waals surface area contributed by atoms with Crippen molar-refractivity contribution < 1.29 is 9.53 Å². The lowest BCUT2D eigenvalue weighted by Gasteiger charge is -2.34. The van der Waals surface area contributed by atoms with E-state index in [1.807, 2.05) is 30.5 Å². The average molecular weight is 317 g/mol. The van der Waals surface area contributed by atoms with Gasteiger partial charge in [0, 0.05) is 17.7 Å². The van der Waals surface area contributed by atoms with Crippen LogP contribution in [0.25, 0.3) is 0 Å². The van der Waals surface area contributed by atoms with Crippen LogP contribution < -0.4 is 10.6 Å². The molecule has 1 aliphatic rings. The van der Waals surface area contributed by atoms with Crippen molar-refractivity contribution in [2.24, 2.45) is 0 Å². The first-order valence-corrected chi connectivity index (χ1v) is 7.64. The number of thioether (sulfide) groups is 1. The molecule has 6 heteroatoms. The van der Waals surface area contributed by atoms with E-state index in [0.717, 1.165) is 18.8 Å². The maximum atomic E-state index is 12.4. The van der Waals surface area contributed by atoms with Crippen molar-refractivity contribution in [1.29, 1.82) is 0 Å². The SMILES string of the molecule is COC1(C(=O)Nc2ccc(SC)cc2)CCNCC1.Cl. The molecule has 0 bridgehead atoms. The van der Waals surface area contributed by atoms with Crippen molar-refractivity contribution in [3.8, 4) is 0 Å². The maximum Gasteiger partial charge on any atom is 0.256 e. The van der Waals surface area contributed by atoms with Crippen molar-refractivity contribution >= 4 is 35.8 Å². The molecule has 0 spiro atoms. The first-order chi connectivity index (χ1) is 9.20. The van der Waals surface area contributed by atoms with Crippen molar-refractivity contribution in [2.45, 2.75) is 23.3 Å². The summed E-state index contributed by atoms with van der Waals surface area (Å²) in [7, 11) is 1.61. The highest BCUT2D eigenvalue weighted by Crippen LogP contribution is 2.25. The van der Waals surface area contributed by atoms with Crippen molar-refractivity contribution in [3.63, 3.8) is 0 Å². The van der Waals surface area contributed by atoms with Gasteiger partial charge in [0.05, 0.1) is 0 Å². The minimum Gasteiger partial charge on any atom is -0.368 e. The lowest BCUT2D eigenvalue weighted by molar-refractivity contribution is -0.140. The van der Waals surface area contributed by atoms with Crippen molar-refractivity contribution in [3.05, 3.63) is 24.3 Å². The Bertz CT molecular complexity index is 433. The van der Waals surface area contributed by atoms with Gasteiger partial charge < -0.3 is 15.4 Å². The van der Waals surface area contributed by atoms with Crippen LogP contribution in [-0.2, 0) is 9.53 Å². The topological polar surface area (TPSA) is 50.4 Å². The number of hydrogen-bond acceptors (Lipinski definition) is 4. The largest absolute Gasteiger partial charge is 0.368 e. The first kappa shape index (κ1) is 17.3. The summed E-state index contributed by atoms with van der Waals surface area (Å²) >= 11 is 1.68. The zero-order valence-electron chi connectivity index (χ0n) is 11.8. The van der Waals surface area contributed by atoms with Gasteiger partial charge in [0.2, 0.25) is 0 Å². The number of carbonyl (C=O) groups excluding carboxylic acids is 1. The molecule has 1 amide bonds. The molecule has 1 aromatic carbocycles. The summed E-state index contributed by atoms with van der Waals surface area (Å²) in [5.41, 5.74) is 0.126. The highest BCUT2D eigenvalue weighted by atomic mass is 35.5. The molecule has 1 heterocycles. The van der Waals surface area contributed by atoms with Gasteiger partial charge in [0.25, 0.3) is 5.91 Å². The zero-order valence-corrected chi connectivity index (χ0v) is 13.4. The summed E-state index contributed by atoms with van der Waals surface area (Å²) in [6.07, 6.45) is 3.44. The number of rotatable bonds is 4. The van der Waals surface area contributed by atoms with Crippen molar-refractivity contribution in [1.82, 2.24) is 5.32 Å². The number of nitrogens with one attached hydrogen (secondary N) is 2. The Morgan fingerprint density at radius 1 is 1.30 bits per heavy atom. The van der Waals surface area contributed by atoms with Gasteiger partial charge in [-0.2, -0.15) is 0 Å². The van der Waals surface area contributed by atoms with E-state index >= 15 is 0 Å². The predicted octanol–water partition coefficient (Wildman–Crippen LogP) is 2.54. The fourth-order valence-electron chi connectivity index (χ4n) is 2.27. The Kier molecular flexibility index (Phi) is 6.82. The monoisotopic (exact) mass is 316 g/mol. The highest BCUT2D eigenvalue weighted by Gasteiger charge is 2.39. The minimum atomic E-state index is -0.691. The summed E-state index contributed by atoms with van der Waals surface area (Å²) in [5.74, 6) is -0.0478. The third-order valence-electron chi connectivity index (χ3n) is 3.56. The molecule has 2 N–H and O–H groups in total. The van der Waals surface area contributed by atoms with Crippen LogP contribution in [0.4, 0.5) is 5.69 Å². The van der Waals surface area contributed by atoms with Gasteiger partial charge in [0.15, 0.2) is 0 Å². The summed E-state index contributed by atoms with van der Waals surface area (Å²) in [6.45, 7) is 1.62. The second kappa shape index (κ2) is 7.88. The molecule has 112 valence electrons. The van der Waals surface area contributed by atoms with Gasteiger partial charge >= 0.3 is 0 Å². The van der Waals surface area contributed by atoms with E-state index in [1.165, 1.54) is 4.90 Å². The number of methoxy groups -OCH3 is 1. The molecular weight excluding hydrogens is 296 g/mol. The molecule has 20 heavy (non-hydrogen) atoms. The lowest BCUT2D eigenvalue weighted by atomic mass is 9.91. The quantitative estimate of drug-likeness (QED) is 0.838. The molecule has 0 atom stereocenters. The smallest absolute Gasteiger partial charge is 0.256 e. The highest BCUT2D eigenvalue weighted by molar-refractivity contribution is 7.98. The van der Waals surface area contributed by atoms with E-state index in [-0.39, 0.29) is 18.3 Å². The standard InChI is InChI=1S/C14H20N2O2S.ClH/c1-18-14(7-9-15-10-8-14)13(17)16-11-3-5-12(19-2)6-4-11;/h3-6,15H,7-10H2,1-2H3,(H,16,17);1H. The van der Waals surface area contributed by atoms with Crippen LogP contribution in [0.2, 0.25) is 0 Å². The number of ether oxygens (including phenoxy) is 1. The Hall–Kier alpha value is -0.750. The van der Waals surface area contributed by atoms with E-state index < -0.39 is 5.60 Å². The Labute approximate surface area is 130 Å². The number of amides is 1. The molecule has 0 radical (unpaired) electrons. The van der Waals surface area contributed by atoms with Crippen LogP contribution >= 0.6 is 24.2 Å². The Balaban J connectivity index is 0.00000200. The van der Waals surface area contributed by atoms with Crippen LogP contribution in [0.15, 0.2) is 29.2 Å². The molecule has 1 fully saturated rings. The summed E-state index contributed by atoms with van der Waals surface area (Å²) < 4.78 is 5.50. The second-order valence-electron chi connectivity index (χ2n) is 4.63. The van der Waals surface area contributed by atoms with Crippen LogP contribution in [-0.4, -0.2) is 38.0 Å². The molecule has 0 unspecified atom stereocenters. The number of hydrogen-bond donors (Lipinski definition) is 2. The fourth-order valence-corrected chi connectivity index (χ4v) is 2.68. The summed E-state index contributed by atoms with van der Waals surface area (Å²) in [6, 6.07) is 7.85. The Morgan fingerprint density at radius 2 is 1.90 bits per heavy atom. The maximum absolute atomic E-state index is 12.4. The number of halogens is 1. The zero-order chi connectivity index (χ0) is 13.7. The first-order valence-electron chi connectivity index (χ1n) is 6.41. The average Bonchev–Trinajstić information content (AvgIpc) is 2.48. The van der Waals surface area contributed by atoms with Crippen molar-refractivity contribution in [2.75, 3.05) is 31.8 Å². The van der Waals surface area contributed by atoms with Crippen LogP contribution in [0.1, 0.15) is 12.8 Å². The van der Waals surface area contributed by atoms with E-state index in [9.17, 15) is 4.79 Å². The fraction of sp³-hybridized carbons (Fsp3) is 0.500. The van der Waals surface area contributed by atoms with Gasteiger partial charge in [-0.15, -0.1) is 24.2 Å². The molecule has 0 aliphatic carbocycles. The van der Waals surface area contributed by atoms with Gasteiger partial charge in [-0.1, -0.05) is 0 Å². The van der Waals surface area contributed by atoms with E-state index in [4.69, 9.17) is 4.74 Å². The predicted molar refractivity (Wildman–Crippen MR) is 85.9 cm³/mol. The Morgan fingerprint density at radius 3 is 2.40 bits per heavy atom. The molecule has 0 aromatic heterocycles. The summed E-state index contributed by atoms with van der Waals surface area (Å²) in [5, 5.41) is 6.20. The molecule has 1 aromatic rings. The number of carbonyl (C=O) groups is 1. The van der Waals surface area contributed by atoms with E-state index in [1.54, 1.807) is 18.9 Å². The molecule has 1 aliphatic heterocycles. The lowest BCUT2D eigenvalue weighted by Crippen LogP contribution is -2.51. The number of benzene rings is 1. The molecular formula is C14H21ClN2O2S. The van der Waals surface area contributed by atoms with Crippen LogP contribution in [0, 0.1) is 0 Å². The van der Waals surface area contributed by atoms with Crippen LogP contribution in [0.5, 0.6) is 0 Å². The van der Waals surface area contributed by atoms with Crippen LogP contribution in [0.3, 0.4) is 0 Å². The molecule has 4 nitrogen and oxygen atoms in total. The third kappa shape index (κ3) is 3.88. The minimum absolute atomic E-state index is 0. The molecule has 1 saturated heterocycles.